The first-order valence-electron chi connectivity index (χ1n) is 4.82. The second-order valence-electron chi connectivity index (χ2n) is 3.15. The molecule has 0 aliphatic carbocycles. The van der Waals surface area contributed by atoms with Crippen LogP contribution in [-0.2, 0) is 0 Å². The predicted molar refractivity (Wildman–Crippen MR) is 61.9 cm³/mol. The Kier molecular flexibility index (Phi) is 3.25. The van der Waals surface area contributed by atoms with Crippen LogP contribution >= 0.6 is 0 Å². The van der Waals surface area contributed by atoms with E-state index in [-0.39, 0.29) is 0 Å². The van der Waals surface area contributed by atoms with Gasteiger partial charge in [-0.1, -0.05) is 18.2 Å². The molecule has 2 aromatic carbocycles. The van der Waals surface area contributed by atoms with E-state index in [2.05, 4.69) is 15.1 Å². The van der Waals surface area contributed by atoms with Gasteiger partial charge in [-0.2, -0.15) is 16.1 Å². The molecule has 0 saturated carbocycles. The van der Waals surface area contributed by atoms with E-state index in [0.717, 1.165) is 11.4 Å². The molecular formula is C12H11N3O. The monoisotopic (exact) mass is 213 g/mol. The van der Waals surface area contributed by atoms with Gasteiger partial charge in [0.15, 0.2) is 0 Å². The number of rotatable bonds is 3. The molecule has 0 aromatic heterocycles. The summed E-state index contributed by atoms with van der Waals surface area (Å²) in [5.41, 5.74) is 1.58. The Balaban J connectivity index is 2.12. The maximum Gasteiger partial charge on any atom is 0.146 e. The molecule has 0 spiro atoms. The molecule has 2 rings (SSSR count). The Morgan fingerprint density at radius 1 is 0.750 bits per heavy atom. The van der Waals surface area contributed by atoms with Gasteiger partial charge in [-0.05, 0) is 36.4 Å². The first-order chi connectivity index (χ1) is 7.88. The lowest BCUT2D eigenvalue weighted by Gasteiger charge is -1.97. The zero-order chi connectivity index (χ0) is 11.2. The van der Waals surface area contributed by atoms with Crippen molar-refractivity contribution in [2.75, 3.05) is 0 Å². The minimum absolute atomic E-state index is 0.596. The highest BCUT2D eigenvalue weighted by Crippen LogP contribution is 2.20. The lowest BCUT2D eigenvalue weighted by atomic mass is 10.3. The molecule has 0 fully saturated rings. The summed E-state index contributed by atoms with van der Waals surface area (Å²) < 4.78 is 0. The van der Waals surface area contributed by atoms with Crippen LogP contribution in [0, 0.1) is 0 Å². The number of hydrogen-bond donors (Lipinski definition) is 1. The standard InChI is InChI=1S/C12H11N3O/c13-16-12-8-6-11(7-9-12)15-14-10-4-2-1-3-5-10/h1-9H,13H2/b15-14+. The van der Waals surface area contributed by atoms with Crippen LogP contribution in [0.1, 0.15) is 0 Å². The van der Waals surface area contributed by atoms with Crippen molar-refractivity contribution in [1.29, 1.82) is 0 Å². The van der Waals surface area contributed by atoms with Gasteiger partial charge >= 0.3 is 0 Å². The molecule has 0 heterocycles. The van der Waals surface area contributed by atoms with Crippen molar-refractivity contribution >= 4 is 11.4 Å². The molecule has 0 amide bonds. The number of nitrogens with two attached hydrogens (primary N) is 1. The van der Waals surface area contributed by atoms with Gasteiger partial charge < -0.3 is 4.84 Å². The van der Waals surface area contributed by atoms with Crippen LogP contribution in [0.5, 0.6) is 5.75 Å². The molecule has 0 radical (unpaired) electrons. The van der Waals surface area contributed by atoms with Crippen molar-refractivity contribution in [3.8, 4) is 5.75 Å². The van der Waals surface area contributed by atoms with Crippen molar-refractivity contribution in [3.63, 3.8) is 0 Å². The maximum atomic E-state index is 5.01. The number of nitrogens with zero attached hydrogens (tertiary/aromatic N) is 2. The third-order valence-corrected chi connectivity index (χ3v) is 2.01. The molecular weight excluding hydrogens is 202 g/mol. The Hall–Kier alpha value is -2.20. The van der Waals surface area contributed by atoms with Crippen LogP contribution in [0.25, 0.3) is 0 Å². The van der Waals surface area contributed by atoms with E-state index in [4.69, 9.17) is 5.90 Å². The zero-order valence-electron chi connectivity index (χ0n) is 8.58. The van der Waals surface area contributed by atoms with Crippen molar-refractivity contribution in [3.05, 3.63) is 54.6 Å². The van der Waals surface area contributed by atoms with Gasteiger partial charge in [0.05, 0.1) is 11.4 Å². The van der Waals surface area contributed by atoms with E-state index < -0.39 is 0 Å². The molecule has 4 nitrogen and oxygen atoms in total. The summed E-state index contributed by atoms with van der Waals surface area (Å²) in [6.07, 6.45) is 0. The average molecular weight is 213 g/mol. The van der Waals surface area contributed by atoms with Crippen LogP contribution in [0.3, 0.4) is 0 Å². The van der Waals surface area contributed by atoms with Crippen molar-refractivity contribution < 1.29 is 4.84 Å². The van der Waals surface area contributed by atoms with Crippen molar-refractivity contribution in [2.24, 2.45) is 16.1 Å². The minimum atomic E-state index is 0.596. The van der Waals surface area contributed by atoms with Gasteiger partial charge in [0.25, 0.3) is 0 Å². The van der Waals surface area contributed by atoms with E-state index >= 15 is 0 Å². The van der Waals surface area contributed by atoms with E-state index in [9.17, 15) is 0 Å². The highest BCUT2D eigenvalue weighted by Gasteiger charge is 1.92. The second-order valence-corrected chi connectivity index (χ2v) is 3.15. The largest absolute Gasteiger partial charge is 0.412 e. The summed E-state index contributed by atoms with van der Waals surface area (Å²) in [5, 5.41) is 8.17. The smallest absolute Gasteiger partial charge is 0.146 e. The van der Waals surface area contributed by atoms with Gasteiger partial charge in [-0.25, -0.2) is 0 Å². The third-order valence-electron chi connectivity index (χ3n) is 2.01. The van der Waals surface area contributed by atoms with Gasteiger partial charge in [0.2, 0.25) is 0 Å². The molecule has 80 valence electrons. The third kappa shape index (κ3) is 2.65. The van der Waals surface area contributed by atoms with Gasteiger partial charge in [-0.15, -0.1) is 0 Å². The summed E-state index contributed by atoms with van der Waals surface area (Å²) in [5.74, 6) is 5.61. The minimum Gasteiger partial charge on any atom is -0.412 e. The van der Waals surface area contributed by atoms with Crippen LogP contribution in [0.4, 0.5) is 11.4 Å². The van der Waals surface area contributed by atoms with Crippen LogP contribution in [0.2, 0.25) is 0 Å². The molecule has 0 atom stereocenters. The molecule has 0 bridgehead atoms. The Labute approximate surface area is 93.3 Å². The molecule has 0 aliphatic heterocycles. The van der Waals surface area contributed by atoms with Crippen molar-refractivity contribution in [1.82, 2.24) is 0 Å². The molecule has 0 aliphatic rings. The number of hydrogen-bond acceptors (Lipinski definition) is 4. The average Bonchev–Trinajstić information content (AvgIpc) is 2.38. The van der Waals surface area contributed by atoms with E-state index in [1.807, 2.05) is 30.3 Å². The predicted octanol–water partition coefficient (Wildman–Crippen LogP) is 3.35. The molecule has 4 heteroatoms. The molecule has 0 saturated heterocycles. The summed E-state index contributed by atoms with van der Waals surface area (Å²) in [4.78, 5) is 4.56. The highest BCUT2D eigenvalue weighted by atomic mass is 16.6. The number of azo groups is 1. The fraction of sp³-hybridized carbons (Fsp3) is 0. The normalized spacial score (nSPS) is 10.6. The first-order valence-corrected chi connectivity index (χ1v) is 4.82. The van der Waals surface area contributed by atoms with E-state index in [0.29, 0.717) is 5.75 Å². The summed E-state index contributed by atoms with van der Waals surface area (Å²) in [6, 6.07) is 16.6. The molecule has 16 heavy (non-hydrogen) atoms. The highest BCUT2D eigenvalue weighted by molar-refractivity contribution is 5.42. The fourth-order valence-corrected chi connectivity index (χ4v) is 1.20. The lowest BCUT2D eigenvalue weighted by Crippen LogP contribution is -2.00. The Morgan fingerprint density at radius 3 is 1.88 bits per heavy atom. The van der Waals surface area contributed by atoms with E-state index in [1.54, 1.807) is 24.3 Å². The van der Waals surface area contributed by atoms with Crippen LogP contribution in [-0.4, -0.2) is 0 Å². The SMILES string of the molecule is NOc1ccc(/N=N/c2ccccc2)cc1. The molecule has 2 aromatic rings. The second kappa shape index (κ2) is 5.04. The molecule has 0 unspecified atom stereocenters. The van der Waals surface area contributed by atoms with Gasteiger partial charge in [0, 0.05) is 0 Å². The van der Waals surface area contributed by atoms with Crippen LogP contribution in [0.15, 0.2) is 64.8 Å². The quantitative estimate of drug-likeness (QED) is 0.627. The lowest BCUT2D eigenvalue weighted by molar-refractivity contribution is 0.334. The number of benzene rings is 2. The summed E-state index contributed by atoms with van der Waals surface area (Å²) in [6.45, 7) is 0. The fourth-order valence-electron chi connectivity index (χ4n) is 1.20. The Bertz CT molecular complexity index is 465. The first kappa shape index (κ1) is 10.3. The van der Waals surface area contributed by atoms with E-state index in [1.165, 1.54) is 0 Å². The zero-order valence-corrected chi connectivity index (χ0v) is 8.58. The van der Waals surface area contributed by atoms with Crippen LogP contribution < -0.4 is 10.7 Å². The molecule has 2 N–H and O–H groups in total. The Morgan fingerprint density at radius 2 is 1.31 bits per heavy atom. The summed E-state index contributed by atoms with van der Waals surface area (Å²) in [7, 11) is 0. The maximum absolute atomic E-state index is 5.01. The topological polar surface area (TPSA) is 60.0 Å². The summed E-state index contributed by atoms with van der Waals surface area (Å²) >= 11 is 0. The van der Waals surface area contributed by atoms with Gasteiger partial charge in [-0.3, -0.25) is 0 Å². The van der Waals surface area contributed by atoms with Crippen molar-refractivity contribution in [2.45, 2.75) is 0 Å². The van der Waals surface area contributed by atoms with Gasteiger partial charge in [0.1, 0.15) is 5.75 Å².